The molecule has 0 bridgehead atoms. The Balaban J connectivity index is 0.000000270. The average molecular weight is 631 g/mol. The maximum atomic E-state index is 7.00. The van der Waals surface area contributed by atoms with Gasteiger partial charge in [0.2, 0.25) is 0 Å². The normalized spacial score (nSPS) is 9.33. The van der Waals surface area contributed by atoms with Crippen LogP contribution in [0.1, 0.15) is 0 Å². The van der Waals surface area contributed by atoms with Crippen LogP contribution in [0.5, 0.6) is 0 Å². The Morgan fingerprint density at radius 2 is 0.800 bits per heavy atom. The third-order valence-corrected chi connectivity index (χ3v) is 15.2. The van der Waals surface area contributed by atoms with E-state index in [1.165, 1.54) is 14.3 Å². The number of halogens is 1. The number of rotatable bonds is 4. The molecule has 0 fully saturated rings. The molecule has 0 unspecified atom stereocenters. The van der Waals surface area contributed by atoms with Crippen molar-refractivity contribution in [3.05, 3.63) is 121 Å². The van der Waals surface area contributed by atoms with E-state index in [0.717, 1.165) is 7.11 Å². The molecule has 0 aliphatic rings. The molecule has 4 rings (SSSR count). The molecule has 0 aliphatic carbocycles. The van der Waals surface area contributed by atoms with Crippen molar-refractivity contribution in [2.24, 2.45) is 0 Å². The molecule has 2 nitrogen and oxygen atoms in total. The van der Waals surface area contributed by atoms with Crippen LogP contribution in [0.2, 0.25) is 0 Å². The van der Waals surface area contributed by atoms with Gasteiger partial charge in [-0.25, -0.2) is 0 Å². The van der Waals surface area contributed by atoms with Crippen molar-refractivity contribution in [1.29, 1.82) is 0 Å². The molecule has 30 heavy (non-hydrogen) atoms. The molecule has 0 atom stereocenters. The second-order valence-corrected chi connectivity index (χ2v) is 17.5. The van der Waals surface area contributed by atoms with Crippen LogP contribution in [-0.4, -0.2) is 57.5 Å². The molecule has 0 aliphatic heterocycles. The summed E-state index contributed by atoms with van der Waals surface area (Å²) in [5.41, 5.74) is 0. The van der Waals surface area contributed by atoms with Gasteiger partial charge in [0.05, 0.1) is 0 Å². The Bertz CT molecular complexity index is 832. The number of aliphatic hydroxyl groups is 1. The van der Waals surface area contributed by atoms with Gasteiger partial charge in [0.15, 0.2) is 0 Å². The first-order valence-corrected chi connectivity index (χ1v) is 18.6. The fraction of sp³-hybridized carbons (Fsp3) is 0.0400. The van der Waals surface area contributed by atoms with Gasteiger partial charge in [0.25, 0.3) is 0 Å². The Kier molecular flexibility index (Phi) is 14.6. The number of hydrogen-bond donors (Lipinski definition) is 1. The molecule has 0 aromatic heterocycles. The first-order valence-electron chi connectivity index (χ1n) is 9.28. The summed E-state index contributed by atoms with van der Waals surface area (Å²) in [6, 6.07) is 42.4. The summed E-state index contributed by atoms with van der Waals surface area (Å²) in [5, 5.41) is 7.00. The van der Waals surface area contributed by atoms with E-state index in [-0.39, 0.29) is 5.48 Å². The standard InChI is InChI=1S/4C6H5.CH4O.ClH.H2O.2Sn/c4*1-2-4-6-5-3-1;1-2;;;;/h4*1-5H;2H,1H3;1H;1H2;;/q;;;;;;;;+1/p-1. The molecule has 3 N–H and O–H groups in total. The molecule has 0 saturated carbocycles. The zero-order valence-electron chi connectivity index (χ0n) is 16.9. The van der Waals surface area contributed by atoms with Crippen LogP contribution in [-0.2, 0) is 0 Å². The van der Waals surface area contributed by atoms with Gasteiger partial charge in [0.1, 0.15) is 0 Å². The van der Waals surface area contributed by atoms with E-state index in [2.05, 4.69) is 109 Å². The predicted octanol–water partition coefficient (Wildman–Crippen LogP) is 2.16. The number of hydrogen-bond acceptors (Lipinski definition) is 1. The van der Waals surface area contributed by atoms with E-state index in [1.54, 1.807) is 0 Å². The second kappa shape index (κ2) is 16.4. The van der Waals surface area contributed by atoms with Crippen LogP contribution in [0.15, 0.2) is 121 Å². The van der Waals surface area contributed by atoms with E-state index in [1.807, 2.05) is 12.1 Å². The third kappa shape index (κ3) is 9.66. The van der Waals surface area contributed by atoms with Crippen molar-refractivity contribution in [1.82, 2.24) is 0 Å². The van der Waals surface area contributed by atoms with Gasteiger partial charge < -0.3 is 10.6 Å². The van der Waals surface area contributed by atoms with Crippen molar-refractivity contribution in [2.75, 3.05) is 7.11 Å². The Morgan fingerprint density at radius 1 is 0.533 bits per heavy atom. The van der Waals surface area contributed by atoms with Crippen molar-refractivity contribution in [2.45, 2.75) is 0 Å². The molecule has 3 radical (unpaired) electrons. The fourth-order valence-electron chi connectivity index (χ4n) is 2.55. The van der Waals surface area contributed by atoms with Crippen LogP contribution in [0.3, 0.4) is 0 Å². The van der Waals surface area contributed by atoms with Crippen LogP contribution < -0.4 is 14.3 Å². The monoisotopic (exact) mass is 633 g/mol. The van der Waals surface area contributed by atoms with Crippen LogP contribution in [0.25, 0.3) is 0 Å². The average Bonchev–Trinajstić information content (AvgIpc) is 2.83. The molecular formula is C25H26ClO2Sn2. The van der Waals surface area contributed by atoms with Gasteiger partial charge in [-0.2, -0.15) is 0 Å². The van der Waals surface area contributed by atoms with Gasteiger partial charge in [-0.1, -0.05) is 0 Å². The molecule has 5 heteroatoms. The Hall–Kier alpha value is -1.31. The molecular weight excluding hydrogens is 605 g/mol. The van der Waals surface area contributed by atoms with Crippen LogP contribution in [0, 0.1) is 0 Å². The SMILES string of the molecule is CO.O.[Cl][Sn]([c]1ccccc1)[c]1ccccc1.c1cc[c]([Sn][c]2ccccc2)cc1. The number of aliphatic hydroxyl groups excluding tert-OH is 1. The van der Waals surface area contributed by atoms with E-state index in [9.17, 15) is 0 Å². The van der Waals surface area contributed by atoms with Crippen LogP contribution in [0.4, 0.5) is 0 Å². The molecule has 0 heterocycles. The number of benzene rings is 4. The molecule has 153 valence electrons. The maximum absolute atomic E-state index is 7.00. The molecule has 4 aromatic rings. The summed E-state index contributed by atoms with van der Waals surface area (Å²) in [7, 11) is 7.53. The zero-order chi connectivity index (χ0) is 20.7. The summed E-state index contributed by atoms with van der Waals surface area (Å²) in [4.78, 5) is 0. The fourth-order valence-corrected chi connectivity index (χ4v) is 11.0. The van der Waals surface area contributed by atoms with E-state index >= 15 is 0 Å². The van der Waals surface area contributed by atoms with Gasteiger partial charge in [0, 0.05) is 7.11 Å². The van der Waals surface area contributed by atoms with Gasteiger partial charge in [-0.15, -0.1) is 0 Å². The predicted molar refractivity (Wildman–Crippen MR) is 133 cm³/mol. The summed E-state index contributed by atoms with van der Waals surface area (Å²) in [5.74, 6) is 0. The van der Waals surface area contributed by atoms with Crippen molar-refractivity contribution < 1.29 is 10.6 Å². The van der Waals surface area contributed by atoms with Crippen LogP contribution >= 0.6 is 8.92 Å². The molecule has 0 spiro atoms. The zero-order valence-corrected chi connectivity index (χ0v) is 23.3. The van der Waals surface area contributed by atoms with E-state index in [4.69, 9.17) is 14.0 Å². The van der Waals surface area contributed by atoms with Crippen molar-refractivity contribution >= 4 is 63.0 Å². The minimum atomic E-state index is -2.03. The summed E-state index contributed by atoms with van der Waals surface area (Å²) < 4.78 is 5.75. The minimum absolute atomic E-state index is 0. The quantitative estimate of drug-likeness (QED) is 0.346. The topological polar surface area (TPSA) is 51.7 Å². The Labute approximate surface area is 200 Å². The van der Waals surface area contributed by atoms with E-state index in [0.29, 0.717) is 0 Å². The third-order valence-electron chi connectivity index (χ3n) is 3.89. The Morgan fingerprint density at radius 3 is 1.10 bits per heavy atom. The molecule has 4 aromatic carbocycles. The first-order chi connectivity index (χ1) is 14.3. The van der Waals surface area contributed by atoms with E-state index < -0.39 is 39.8 Å². The molecule has 0 amide bonds. The van der Waals surface area contributed by atoms with Gasteiger partial charge in [-0.3, -0.25) is 0 Å². The summed E-state index contributed by atoms with van der Waals surface area (Å²) >= 11 is -2.55. The van der Waals surface area contributed by atoms with Gasteiger partial charge >= 0.3 is 184 Å². The van der Waals surface area contributed by atoms with Crippen molar-refractivity contribution in [3.8, 4) is 0 Å². The van der Waals surface area contributed by atoms with Gasteiger partial charge in [-0.05, 0) is 0 Å². The summed E-state index contributed by atoms with van der Waals surface area (Å²) in [6.07, 6.45) is 0. The first kappa shape index (κ1) is 26.7. The molecule has 0 saturated heterocycles. The van der Waals surface area contributed by atoms with Crippen molar-refractivity contribution in [3.63, 3.8) is 0 Å². The second-order valence-electron chi connectivity index (χ2n) is 5.90. The summed E-state index contributed by atoms with van der Waals surface area (Å²) in [6.45, 7) is 0.